The van der Waals surface area contributed by atoms with Gasteiger partial charge in [0.25, 0.3) is 5.91 Å². The summed E-state index contributed by atoms with van der Waals surface area (Å²) in [5.41, 5.74) is 1.77. The standard InChI is InChI=1S/C21H20ClN3O3/c1-24(12-14-6-8-16(22)9-7-14)18(26)13-25-19(27)21(23-20(25)28)11-10-15-4-2-3-5-17(15)21/h2-9H,10-13H2,1H3,(H,23,28)/t21-/m1/s1. The lowest BCUT2D eigenvalue weighted by Gasteiger charge is -2.23. The Kier molecular flexibility index (Phi) is 4.59. The summed E-state index contributed by atoms with van der Waals surface area (Å²) in [6.07, 6.45) is 1.24. The predicted octanol–water partition coefficient (Wildman–Crippen LogP) is 2.69. The molecule has 0 unspecified atom stereocenters. The van der Waals surface area contributed by atoms with Crippen molar-refractivity contribution >= 4 is 29.4 Å². The van der Waals surface area contributed by atoms with Crippen LogP contribution in [0, 0.1) is 0 Å². The SMILES string of the molecule is CN(Cc1ccc(Cl)cc1)C(=O)CN1C(=O)N[C@@]2(CCc3ccccc32)C1=O. The fourth-order valence-electron chi connectivity index (χ4n) is 3.94. The van der Waals surface area contributed by atoms with Crippen LogP contribution in [0.5, 0.6) is 0 Å². The number of aryl methyl sites for hydroxylation is 1. The minimum Gasteiger partial charge on any atom is -0.340 e. The fraction of sp³-hybridized carbons (Fsp3) is 0.286. The van der Waals surface area contributed by atoms with E-state index in [-0.39, 0.29) is 18.4 Å². The Morgan fingerprint density at radius 2 is 1.89 bits per heavy atom. The summed E-state index contributed by atoms with van der Waals surface area (Å²) in [4.78, 5) is 40.8. The van der Waals surface area contributed by atoms with Crippen molar-refractivity contribution in [2.24, 2.45) is 0 Å². The molecular weight excluding hydrogens is 378 g/mol. The average molecular weight is 398 g/mol. The molecule has 28 heavy (non-hydrogen) atoms. The highest BCUT2D eigenvalue weighted by atomic mass is 35.5. The monoisotopic (exact) mass is 397 g/mol. The first kappa shape index (κ1) is 18.5. The van der Waals surface area contributed by atoms with Crippen LogP contribution >= 0.6 is 11.6 Å². The molecule has 0 aromatic heterocycles. The molecule has 1 aliphatic heterocycles. The zero-order chi connectivity index (χ0) is 19.9. The molecule has 0 bridgehead atoms. The zero-order valence-electron chi connectivity index (χ0n) is 15.4. The van der Waals surface area contributed by atoms with Gasteiger partial charge in [-0.3, -0.25) is 14.5 Å². The van der Waals surface area contributed by atoms with Crippen LogP contribution in [-0.4, -0.2) is 41.2 Å². The number of nitrogens with zero attached hydrogens (tertiary/aromatic N) is 2. The maximum Gasteiger partial charge on any atom is 0.325 e. The molecule has 1 aliphatic carbocycles. The predicted molar refractivity (Wildman–Crippen MR) is 105 cm³/mol. The first-order valence-electron chi connectivity index (χ1n) is 9.11. The lowest BCUT2D eigenvalue weighted by molar-refractivity contribution is -0.138. The van der Waals surface area contributed by atoms with Gasteiger partial charge in [-0.15, -0.1) is 0 Å². The third-order valence-electron chi connectivity index (χ3n) is 5.47. The topological polar surface area (TPSA) is 69.7 Å². The highest BCUT2D eigenvalue weighted by molar-refractivity contribution is 6.30. The van der Waals surface area contributed by atoms with E-state index in [9.17, 15) is 14.4 Å². The van der Waals surface area contributed by atoms with Crippen LogP contribution in [0.1, 0.15) is 23.1 Å². The largest absolute Gasteiger partial charge is 0.340 e. The Morgan fingerprint density at radius 3 is 2.64 bits per heavy atom. The second-order valence-corrected chi connectivity index (χ2v) is 7.70. The van der Waals surface area contributed by atoms with Gasteiger partial charge in [0.15, 0.2) is 0 Å². The van der Waals surface area contributed by atoms with Crippen molar-refractivity contribution in [1.29, 1.82) is 0 Å². The van der Waals surface area contributed by atoms with Crippen LogP contribution in [-0.2, 0) is 28.1 Å². The summed E-state index contributed by atoms with van der Waals surface area (Å²) in [7, 11) is 1.65. The molecule has 4 rings (SSSR count). The summed E-state index contributed by atoms with van der Waals surface area (Å²) in [6, 6.07) is 14.3. The van der Waals surface area contributed by atoms with Crippen LogP contribution in [0.15, 0.2) is 48.5 Å². The lowest BCUT2D eigenvalue weighted by Crippen LogP contribution is -2.44. The van der Waals surface area contributed by atoms with Gasteiger partial charge < -0.3 is 10.2 Å². The zero-order valence-corrected chi connectivity index (χ0v) is 16.2. The minimum absolute atomic E-state index is 0.279. The number of imide groups is 1. The summed E-state index contributed by atoms with van der Waals surface area (Å²) >= 11 is 5.88. The maximum atomic E-state index is 13.1. The van der Waals surface area contributed by atoms with E-state index in [1.807, 2.05) is 36.4 Å². The van der Waals surface area contributed by atoms with Gasteiger partial charge >= 0.3 is 6.03 Å². The van der Waals surface area contributed by atoms with Gasteiger partial charge in [0.2, 0.25) is 5.91 Å². The van der Waals surface area contributed by atoms with Crippen molar-refractivity contribution in [3.63, 3.8) is 0 Å². The Morgan fingerprint density at radius 1 is 1.18 bits per heavy atom. The van der Waals surface area contributed by atoms with E-state index in [0.717, 1.165) is 28.0 Å². The van der Waals surface area contributed by atoms with E-state index in [4.69, 9.17) is 11.6 Å². The van der Waals surface area contributed by atoms with Crippen LogP contribution < -0.4 is 5.32 Å². The Bertz CT molecular complexity index is 960. The normalized spacial score (nSPS) is 20.4. The minimum atomic E-state index is -1.04. The highest BCUT2D eigenvalue weighted by Gasteiger charge is 2.55. The number of rotatable bonds is 4. The highest BCUT2D eigenvalue weighted by Crippen LogP contribution is 2.41. The summed E-state index contributed by atoms with van der Waals surface area (Å²) in [6.45, 7) is 0.0896. The van der Waals surface area contributed by atoms with E-state index in [1.165, 1.54) is 4.90 Å². The quantitative estimate of drug-likeness (QED) is 0.806. The van der Waals surface area contributed by atoms with Gasteiger partial charge in [0.05, 0.1) is 0 Å². The summed E-state index contributed by atoms with van der Waals surface area (Å²) < 4.78 is 0. The number of carbonyl (C=O) groups is 3. The number of halogens is 1. The first-order chi connectivity index (χ1) is 13.4. The first-order valence-corrected chi connectivity index (χ1v) is 9.49. The van der Waals surface area contributed by atoms with Crippen LogP contribution in [0.4, 0.5) is 4.79 Å². The van der Waals surface area contributed by atoms with Crippen molar-refractivity contribution in [2.75, 3.05) is 13.6 Å². The van der Waals surface area contributed by atoms with Crippen LogP contribution in [0.2, 0.25) is 5.02 Å². The Balaban J connectivity index is 1.48. The molecule has 6 nitrogen and oxygen atoms in total. The molecule has 2 aromatic carbocycles. The molecule has 1 spiro atoms. The Labute approximate surface area is 168 Å². The van der Waals surface area contributed by atoms with E-state index >= 15 is 0 Å². The summed E-state index contributed by atoms with van der Waals surface area (Å²) in [5, 5.41) is 3.46. The molecule has 1 atom stereocenters. The van der Waals surface area contributed by atoms with Crippen molar-refractivity contribution in [3.8, 4) is 0 Å². The Hall–Kier alpha value is -2.86. The van der Waals surface area contributed by atoms with Crippen molar-refractivity contribution in [1.82, 2.24) is 15.1 Å². The second kappa shape index (κ2) is 6.95. The van der Waals surface area contributed by atoms with Crippen molar-refractivity contribution < 1.29 is 14.4 Å². The third kappa shape index (κ3) is 3.03. The van der Waals surface area contributed by atoms with Crippen molar-refractivity contribution in [3.05, 3.63) is 70.2 Å². The molecule has 1 heterocycles. The molecule has 1 fully saturated rings. The molecule has 144 valence electrons. The van der Waals surface area contributed by atoms with E-state index < -0.39 is 11.6 Å². The number of carbonyl (C=O) groups excluding carboxylic acids is 3. The number of amides is 4. The average Bonchev–Trinajstić information content (AvgIpc) is 3.17. The molecular formula is C21H20ClN3O3. The molecule has 4 amide bonds. The van der Waals surface area contributed by atoms with Gasteiger partial charge in [0, 0.05) is 18.6 Å². The van der Waals surface area contributed by atoms with Gasteiger partial charge in [-0.1, -0.05) is 48.0 Å². The molecule has 2 aliphatic rings. The third-order valence-corrected chi connectivity index (χ3v) is 5.73. The van der Waals surface area contributed by atoms with Gasteiger partial charge in [-0.05, 0) is 41.7 Å². The lowest BCUT2D eigenvalue weighted by atomic mass is 9.92. The van der Waals surface area contributed by atoms with E-state index in [1.54, 1.807) is 19.2 Å². The smallest absolute Gasteiger partial charge is 0.325 e. The number of fused-ring (bicyclic) bond motifs is 2. The van der Waals surface area contributed by atoms with Crippen molar-refractivity contribution in [2.45, 2.75) is 24.9 Å². The molecule has 2 aromatic rings. The van der Waals surface area contributed by atoms with Gasteiger partial charge in [-0.2, -0.15) is 0 Å². The number of nitrogens with one attached hydrogen (secondary N) is 1. The van der Waals surface area contributed by atoms with Crippen LogP contribution in [0.3, 0.4) is 0 Å². The molecule has 0 radical (unpaired) electrons. The molecule has 0 saturated carbocycles. The molecule has 1 saturated heterocycles. The number of likely N-dealkylation sites (N-methyl/N-ethyl adjacent to an activating group) is 1. The van der Waals surface area contributed by atoms with Gasteiger partial charge in [0.1, 0.15) is 12.1 Å². The summed E-state index contributed by atoms with van der Waals surface area (Å²) in [5.74, 6) is -0.655. The maximum absolute atomic E-state index is 13.1. The fourth-order valence-corrected chi connectivity index (χ4v) is 4.07. The molecule has 7 heteroatoms. The number of urea groups is 1. The second-order valence-electron chi connectivity index (χ2n) is 7.26. The van der Waals surface area contributed by atoms with E-state index in [2.05, 4.69) is 5.32 Å². The number of hydrogen-bond donors (Lipinski definition) is 1. The number of hydrogen-bond acceptors (Lipinski definition) is 3. The van der Waals surface area contributed by atoms with Crippen LogP contribution in [0.25, 0.3) is 0 Å². The van der Waals surface area contributed by atoms with Gasteiger partial charge in [-0.25, -0.2) is 4.79 Å². The molecule has 1 N–H and O–H groups in total. The number of benzene rings is 2. The van der Waals surface area contributed by atoms with E-state index in [0.29, 0.717) is 18.0 Å².